The minimum atomic E-state index is -0.591. The molecule has 0 aliphatic rings. The Morgan fingerprint density at radius 3 is 2.91 bits per heavy atom. The Bertz CT molecular complexity index is 755. The van der Waals surface area contributed by atoms with E-state index in [1.54, 1.807) is 7.11 Å². The van der Waals surface area contributed by atoms with Crippen molar-refractivity contribution in [2.24, 2.45) is 0 Å². The molecule has 1 aromatic heterocycles. The van der Waals surface area contributed by atoms with Gasteiger partial charge in [-0.2, -0.15) is 5.26 Å². The van der Waals surface area contributed by atoms with Crippen molar-refractivity contribution in [2.45, 2.75) is 19.4 Å². The zero-order chi connectivity index (χ0) is 16.8. The van der Waals surface area contributed by atoms with Gasteiger partial charge >= 0.3 is 5.69 Å². The van der Waals surface area contributed by atoms with Gasteiger partial charge in [0.25, 0.3) is 0 Å². The minimum absolute atomic E-state index is 0.0129. The van der Waals surface area contributed by atoms with E-state index in [0.717, 1.165) is 11.3 Å². The van der Waals surface area contributed by atoms with E-state index in [9.17, 15) is 10.1 Å². The predicted molar refractivity (Wildman–Crippen MR) is 85.4 cm³/mol. The lowest BCUT2D eigenvalue weighted by molar-refractivity contribution is -0.384. The van der Waals surface area contributed by atoms with Crippen LogP contribution >= 0.6 is 0 Å². The number of anilines is 1. The second-order valence-corrected chi connectivity index (χ2v) is 5.03. The highest BCUT2D eigenvalue weighted by atomic mass is 16.6. The number of ether oxygens (including phenoxy) is 1. The number of pyridine rings is 1. The summed E-state index contributed by atoms with van der Waals surface area (Å²) in [6.07, 6.45) is 2.01. The molecule has 2 aromatic rings. The van der Waals surface area contributed by atoms with Crippen LogP contribution in [0.4, 0.5) is 11.5 Å². The highest BCUT2D eigenvalue weighted by molar-refractivity contribution is 5.64. The van der Waals surface area contributed by atoms with Crippen LogP contribution in [0, 0.1) is 21.4 Å². The number of aromatic nitrogens is 1. The topological polar surface area (TPSA) is 101 Å². The number of methoxy groups -OCH3 is 1. The van der Waals surface area contributed by atoms with E-state index in [4.69, 9.17) is 10.00 Å². The maximum Gasteiger partial charge on any atom is 0.328 e. The Morgan fingerprint density at radius 2 is 2.26 bits per heavy atom. The fourth-order valence-electron chi connectivity index (χ4n) is 2.27. The minimum Gasteiger partial charge on any atom is -0.497 e. The molecule has 0 bridgehead atoms. The molecule has 0 aliphatic heterocycles. The highest BCUT2D eigenvalue weighted by Gasteiger charge is 2.22. The molecule has 1 N–H and O–H groups in total. The van der Waals surface area contributed by atoms with Crippen molar-refractivity contribution in [1.29, 1.82) is 5.26 Å². The fraction of sp³-hybridized carbons (Fsp3) is 0.250. The van der Waals surface area contributed by atoms with Gasteiger partial charge in [-0.05, 0) is 37.1 Å². The van der Waals surface area contributed by atoms with Gasteiger partial charge in [0.1, 0.15) is 17.4 Å². The third-order valence-corrected chi connectivity index (χ3v) is 3.29. The summed E-state index contributed by atoms with van der Waals surface area (Å²) in [4.78, 5) is 14.6. The van der Waals surface area contributed by atoms with Crippen LogP contribution in [0.1, 0.15) is 18.1 Å². The number of rotatable bonds is 6. The lowest BCUT2D eigenvalue weighted by Crippen LogP contribution is -2.20. The van der Waals surface area contributed by atoms with E-state index < -0.39 is 4.92 Å². The van der Waals surface area contributed by atoms with Gasteiger partial charge in [0.2, 0.25) is 5.82 Å². The van der Waals surface area contributed by atoms with Crippen LogP contribution in [0.5, 0.6) is 5.75 Å². The number of nitrogens with one attached hydrogen (secondary N) is 1. The molecule has 7 nitrogen and oxygen atoms in total. The van der Waals surface area contributed by atoms with Gasteiger partial charge in [-0.3, -0.25) is 10.1 Å². The molecule has 1 heterocycles. The van der Waals surface area contributed by atoms with Gasteiger partial charge < -0.3 is 10.1 Å². The summed E-state index contributed by atoms with van der Waals surface area (Å²) < 4.78 is 5.18. The second-order valence-electron chi connectivity index (χ2n) is 5.03. The summed E-state index contributed by atoms with van der Waals surface area (Å²) in [5.74, 6) is 0.856. The van der Waals surface area contributed by atoms with Crippen LogP contribution in [-0.2, 0) is 6.42 Å². The van der Waals surface area contributed by atoms with Crippen molar-refractivity contribution in [3.63, 3.8) is 0 Å². The van der Waals surface area contributed by atoms with E-state index >= 15 is 0 Å². The van der Waals surface area contributed by atoms with Gasteiger partial charge in [0.05, 0.1) is 12.0 Å². The van der Waals surface area contributed by atoms with E-state index in [-0.39, 0.29) is 23.1 Å². The van der Waals surface area contributed by atoms with Crippen molar-refractivity contribution >= 4 is 11.5 Å². The first-order chi connectivity index (χ1) is 11.0. The first-order valence-electron chi connectivity index (χ1n) is 6.98. The normalized spacial score (nSPS) is 11.3. The van der Waals surface area contributed by atoms with Gasteiger partial charge in [-0.15, -0.1) is 0 Å². The standard InChI is InChI=1S/C16H16N4O3/c1-11(8-12-4-3-5-14(9-12)23-2)19-16-15(20(21)22)13(10-17)6-7-18-16/h3-7,9,11H,8H2,1-2H3,(H,18,19)/t11-/m0/s1. The molecule has 1 atom stereocenters. The molecule has 0 spiro atoms. The molecular weight excluding hydrogens is 296 g/mol. The smallest absolute Gasteiger partial charge is 0.328 e. The average molecular weight is 312 g/mol. The number of nitriles is 1. The van der Waals surface area contributed by atoms with E-state index in [2.05, 4.69) is 10.3 Å². The summed E-state index contributed by atoms with van der Waals surface area (Å²) in [5.41, 5.74) is 0.719. The summed E-state index contributed by atoms with van der Waals surface area (Å²) in [6, 6.07) is 10.6. The predicted octanol–water partition coefficient (Wildman–Crippen LogP) is 2.91. The molecule has 1 aromatic carbocycles. The largest absolute Gasteiger partial charge is 0.497 e. The van der Waals surface area contributed by atoms with Gasteiger partial charge in [-0.25, -0.2) is 4.98 Å². The van der Waals surface area contributed by atoms with Crippen molar-refractivity contribution in [3.05, 3.63) is 57.8 Å². The number of nitrogens with zero attached hydrogens (tertiary/aromatic N) is 3. The molecule has 118 valence electrons. The van der Waals surface area contributed by atoms with Crippen molar-refractivity contribution in [1.82, 2.24) is 4.98 Å². The molecule has 0 saturated carbocycles. The maximum atomic E-state index is 11.2. The number of benzene rings is 1. The lowest BCUT2D eigenvalue weighted by atomic mass is 10.1. The van der Waals surface area contributed by atoms with Crippen LogP contribution in [0.25, 0.3) is 0 Å². The second kappa shape index (κ2) is 7.22. The van der Waals surface area contributed by atoms with Gasteiger partial charge in [0.15, 0.2) is 0 Å². The summed E-state index contributed by atoms with van der Waals surface area (Å²) in [6.45, 7) is 1.89. The third-order valence-electron chi connectivity index (χ3n) is 3.29. The van der Waals surface area contributed by atoms with E-state index in [0.29, 0.717) is 6.42 Å². The van der Waals surface area contributed by atoms with Crippen LogP contribution < -0.4 is 10.1 Å². The number of hydrogen-bond acceptors (Lipinski definition) is 6. The molecule has 0 amide bonds. The lowest BCUT2D eigenvalue weighted by Gasteiger charge is -2.15. The zero-order valence-corrected chi connectivity index (χ0v) is 12.8. The average Bonchev–Trinajstić information content (AvgIpc) is 2.54. The maximum absolute atomic E-state index is 11.2. The summed E-state index contributed by atoms with van der Waals surface area (Å²) >= 11 is 0. The molecule has 23 heavy (non-hydrogen) atoms. The van der Waals surface area contributed by atoms with Crippen molar-refractivity contribution in [2.75, 3.05) is 12.4 Å². The van der Waals surface area contributed by atoms with Crippen LogP contribution in [0.3, 0.4) is 0 Å². The van der Waals surface area contributed by atoms with Crippen LogP contribution in [0.2, 0.25) is 0 Å². The van der Waals surface area contributed by atoms with Crippen molar-refractivity contribution < 1.29 is 9.66 Å². The van der Waals surface area contributed by atoms with Gasteiger partial charge in [-0.1, -0.05) is 12.1 Å². The summed E-state index contributed by atoms with van der Waals surface area (Å²) in [5, 5.41) is 23.2. The third kappa shape index (κ3) is 3.95. The monoisotopic (exact) mass is 312 g/mol. The Labute approximate surface area is 133 Å². The zero-order valence-electron chi connectivity index (χ0n) is 12.8. The first-order valence-corrected chi connectivity index (χ1v) is 6.98. The Morgan fingerprint density at radius 1 is 1.48 bits per heavy atom. The number of hydrogen-bond donors (Lipinski definition) is 1. The molecule has 0 unspecified atom stereocenters. The fourth-order valence-corrected chi connectivity index (χ4v) is 2.27. The molecule has 0 aliphatic carbocycles. The molecule has 0 radical (unpaired) electrons. The van der Waals surface area contributed by atoms with Crippen molar-refractivity contribution in [3.8, 4) is 11.8 Å². The SMILES string of the molecule is COc1cccc(C[C@H](C)Nc2nccc(C#N)c2[N+](=O)[O-])c1. The van der Waals surface area contributed by atoms with Crippen LogP contribution in [-0.4, -0.2) is 23.1 Å². The van der Waals surface area contributed by atoms with E-state index in [1.165, 1.54) is 12.3 Å². The molecule has 0 fully saturated rings. The quantitative estimate of drug-likeness (QED) is 0.650. The molecular formula is C16H16N4O3. The molecule has 2 rings (SSSR count). The van der Waals surface area contributed by atoms with E-state index in [1.807, 2.05) is 37.3 Å². The number of nitro groups is 1. The Hall–Kier alpha value is -3.14. The molecule has 7 heteroatoms. The summed E-state index contributed by atoms with van der Waals surface area (Å²) in [7, 11) is 1.60. The Balaban J connectivity index is 2.19. The highest BCUT2D eigenvalue weighted by Crippen LogP contribution is 2.26. The van der Waals surface area contributed by atoms with Crippen LogP contribution in [0.15, 0.2) is 36.5 Å². The van der Waals surface area contributed by atoms with Gasteiger partial charge in [0, 0.05) is 12.2 Å². The first kappa shape index (κ1) is 16.2. The Kier molecular flexibility index (Phi) is 5.10. The molecule has 0 saturated heterocycles.